The molecule has 0 aliphatic rings. The van der Waals surface area contributed by atoms with Gasteiger partial charge in [0.2, 0.25) is 0 Å². The lowest BCUT2D eigenvalue weighted by Crippen LogP contribution is -2.55. The lowest BCUT2D eigenvalue weighted by Gasteiger charge is -2.21. The van der Waals surface area contributed by atoms with Crippen LogP contribution in [0.3, 0.4) is 0 Å². The van der Waals surface area contributed by atoms with Gasteiger partial charge in [-0.3, -0.25) is 4.79 Å². The monoisotopic (exact) mass is 250 g/mol. The van der Waals surface area contributed by atoms with E-state index in [2.05, 4.69) is 4.74 Å². The van der Waals surface area contributed by atoms with Crippen LogP contribution in [-0.4, -0.2) is 60.7 Å². The molecule has 0 bridgehead atoms. The third kappa shape index (κ3) is 5.59. The summed E-state index contributed by atoms with van der Waals surface area (Å²) < 4.78 is 9.32. The largest absolute Gasteiger partial charge is 0.465 e. The van der Waals surface area contributed by atoms with E-state index in [1.165, 1.54) is 0 Å². The Hall–Kier alpha value is -1.22. The molecule has 0 aromatic rings. The lowest BCUT2D eigenvalue weighted by molar-refractivity contribution is -0.154. The molecule has 0 radical (unpaired) electrons. The van der Waals surface area contributed by atoms with E-state index in [0.29, 0.717) is 0 Å². The smallest absolute Gasteiger partial charge is 0.330 e. The Balaban J connectivity index is 3.75. The highest BCUT2D eigenvalue weighted by Crippen LogP contribution is 2.02. The SMILES string of the molecule is NCC(=O)OCCCOC(=O)C(N)(CO)CO. The Morgan fingerprint density at radius 2 is 1.65 bits per heavy atom. The summed E-state index contributed by atoms with van der Waals surface area (Å²) in [7, 11) is 0. The molecule has 0 unspecified atom stereocenters. The predicted molar refractivity (Wildman–Crippen MR) is 56.7 cm³/mol. The fraction of sp³-hybridized carbons (Fsp3) is 0.778. The van der Waals surface area contributed by atoms with Gasteiger partial charge in [-0.25, -0.2) is 4.79 Å². The fourth-order valence-corrected chi connectivity index (χ4v) is 0.792. The molecule has 100 valence electrons. The summed E-state index contributed by atoms with van der Waals surface area (Å²) in [5.41, 5.74) is 8.55. The molecule has 6 N–H and O–H groups in total. The topological polar surface area (TPSA) is 145 Å². The van der Waals surface area contributed by atoms with Gasteiger partial charge in [-0.2, -0.15) is 0 Å². The summed E-state index contributed by atoms with van der Waals surface area (Å²) in [6, 6.07) is 0. The molecular formula is C9H18N2O6. The molecule has 0 aliphatic heterocycles. The Morgan fingerprint density at radius 3 is 2.12 bits per heavy atom. The number of ether oxygens (including phenoxy) is 2. The van der Waals surface area contributed by atoms with Gasteiger partial charge in [-0.1, -0.05) is 0 Å². The minimum atomic E-state index is -1.80. The number of carbonyl (C=O) groups is 2. The number of hydrogen-bond donors (Lipinski definition) is 4. The van der Waals surface area contributed by atoms with E-state index < -0.39 is 30.7 Å². The second kappa shape index (κ2) is 7.96. The van der Waals surface area contributed by atoms with Crippen LogP contribution in [0.15, 0.2) is 0 Å². The van der Waals surface area contributed by atoms with Crippen molar-refractivity contribution in [2.24, 2.45) is 11.5 Å². The standard InChI is InChI=1S/C9H18N2O6/c10-4-7(14)16-2-1-3-17-8(15)9(11,5-12)6-13/h12-13H,1-6,10-11H2. The van der Waals surface area contributed by atoms with Crippen molar-refractivity contribution in [3.63, 3.8) is 0 Å². The summed E-state index contributed by atoms with van der Waals surface area (Å²) >= 11 is 0. The third-order valence-electron chi connectivity index (χ3n) is 1.92. The van der Waals surface area contributed by atoms with Crippen molar-refractivity contribution in [2.75, 3.05) is 33.0 Å². The van der Waals surface area contributed by atoms with Gasteiger partial charge in [0.25, 0.3) is 0 Å². The molecule has 0 spiro atoms. The van der Waals surface area contributed by atoms with E-state index in [-0.39, 0.29) is 26.2 Å². The maximum Gasteiger partial charge on any atom is 0.330 e. The summed E-state index contributed by atoms with van der Waals surface area (Å²) in [6.07, 6.45) is 0.282. The molecule has 0 saturated carbocycles. The minimum Gasteiger partial charge on any atom is -0.465 e. The molecule has 8 heteroatoms. The van der Waals surface area contributed by atoms with Crippen LogP contribution in [-0.2, 0) is 19.1 Å². The van der Waals surface area contributed by atoms with Crippen LogP contribution in [0.2, 0.25) is 0 Å². The summed E-state index contributed by atoms with van der Waals surface area (Å²) in [4.78, 5) is 21.9. The molecule has 17 heavy (non-hydrogen) atoms. The van der Waals surface area contributed by atoms with Gasteiger partial charge in [-0.15, -0.1) is 0 Å². The summed E-state index contributed by atoms with van der Waals surface area (Å²) in [5, 5.41) is 17.6. The maximum absolute atomic E-state index is 11.3. The first-order chi connectivity index (χ1) is 8.00. The van der Waals surface area contributed by atoms with Crippen LogP contribution >= 0.6 is 0 Å². The van der Waals surface area contributed by atoms with E-state index in [1.807, 2.05) is 0 Å². The zero-order chi connectivity index (χ0) is 13.3. The molecule has 0 heterocycles. The number of esters is 2. The normalized spacial score (nSPS) is 11.1. The molecule has 0 fully saturated rings. The second-order valence-corrected chi connectivity index (χ2v) is 3.39. The van der Waals surface area contributed by atoms with Crippen molar-refractivity contribution < 1.29 is 29.3 Å². The van der Waals surface area contributed by atoms with Gasteiger partial charge in [0, 0.05) is 6.42 Å². The number of rotatable bonds is 8. The average molecular weight is 250 g/mol. The molecule has 0 aromatic carbocycles. The molecular weight excluding hydrogens is 232 g/mol. The zero-order valence-corrected chi connectivity index (χ0v) is 9.42. The Labute approximate surface area is 98.5 Å². The van der Waals surface area contributed by atoms with E-state index in [4.69, 9.17) is 26.4 Å². The van der Waals surface area contributed by atoms with Crippen molar-refractivity contribution in [3.05, 3.63) is 0 Å². The van der Waals surface area contributed by atoms with Crippen molar-refractivity contribution in [1.82, 2.24) is 0 Å². The van der Waals surface area contributed by atoms with Crippen LogP contribution in [0, 0.1) is 0 Å². The van der Waals surface area contributed by atoms with Crippen LogP contribution in [0.4, 0.5) is 0 Å². The summed E-state index contributed by atoms with van der Waals surface area (Å²) in [6.45, 7) is -1.61. The Morgan fingerprint density at radius 1 is 1.12 bits per heavy atom. The molecule has 8 nitrogen and oxygen atoms in total. The molecule has 0 saturated heterocycles. The zero-order valence-electron chi connectivity index (χ0n) is 9.42. The fourth-order valence-electron chi connectivity index (χ4n) is 0.792. The quantitative estimate of drug-likeness (QED) is 0.265. The lowest BCUT2D eigenvalue weighted by atomic mass is 10.1. The van der Waals surface area contributed by atoms with Crippen molar-refractivity contribution >= 4 is 11.9 Å². The van der Waals surface area contributed by atoms with Gasteiger partial charge in [0.15, 0.2) is 5.54 Å². The summed E-state index contributed by atoms with van der Waals surface area (Å²) in [5.74, 6) is -1.46. The van der Waals surface area contributed by atoms with Crippen LogP contribution in [0.25, 0.3) is 0 Å². The van der Waals surface area contributed by atoms with Gasteiger partial charge in [-0.05, 0) is 0 Å². The molecule has 0 aliphatic carbocycles. The van der Waals surface area contributed by atoms with E-state index >= 15 is 0 Å². The number of hydrogen-bond acceptors (Lipinski definition) is 8. The average Bonchev–Trinajstić information content (AvgIpc) is 2.36. The number of aliphatic hydroxyl groups excluding tert-OH is 2. The number of carbonyl (C=O) groups excluding carboxylic acids is 2. The minimum absolute atomic E-state index is 0.0321. The Kier molecular flexibility index (Phi) is 7.39. The van der Waals surface area contributed by atoms with Gasteiger partial charge in [0.05, 0.1) is 33.0 Å². The highest BCUT2D eigenvalue weighted by molar-refractivity contribution is 5.80. The molecule has 0 aromatic heterocycles. The van der Waals surface area contributed by atoms with Crippen LogP contribution in [0.5, 0.6) is 0 Å². The number of aliphatic hydroxyl groups is 2. The molecule has 0 rings (SSSR count). The first-order valence-electron chi connectivity index (χ1n) is 5.03. The highest BCUT2D eigenvalue weighted by atomic mass is 16.5. The first kappa shape index (κ1) is 15.8. The van der Waals surface area contributed by atoms with Crippen molar-refractivity contribution in [3.8, 4) is 0 Å². The van der Waals surface area contributed by atoms with Gasteiger partial charge < -0.3 is 31.2 Å². The highest BCUT2D eigenvalue weighted by Gasteiger charge is 2.34. The van der Waals surface area contributed by atoms with Gasteiger partial charge >= 0.3 is 11.9 Å². The van der Waals surface area contributed by atoms with Crippen LogP contribution in [0.1, 0.15) is 6.42 Å². The predicted octanol–water partition coefficient (Wildman–Crippen LogP) is -2.90. The number of nitrogens with two attached hydrogens (primary N) is 2. The van der Waals surface area contributed by atoms with E-state index in [0.717, 1.165) is 0 Å². The Bertz CT molecular complexity index is 254. The molecule has 0 amide bonds. The van der Waals surface area contributed by atoms with E-state index in [1.54, 1.807) is 0 Å². The first-order valence-corrected chi connectivity index (χ1v) is 5.03. The molecule has 0 atom stereocenters. The second-order valence-electron chi connectivity index (χ2n) is 3.39. The van der Waals surface area contributed by atoms with E-state index in [9.17, 15) is 9.59 Å². The van der Waals surface area contributed by atoms with Crippen molar-refractivity contribution in [1.29, 1.82) is 0 Å². The van der Waals surface area contributed by atoms with Gasteiger partial charge in [0.1, 0.15) is 0 Å². The van der Waals surface area contributed by atoms with Crippen LogP contribution < -0.4 is 11.5 Å². The third-order valence-corrected chi connectivity index (χ3v) is 1.92. The maximum atomic E-state index is 11.3. The van der Waals surface area contributed by atoms with Crippen molar-refractivity contribution in [2.45, 2.75) is 12.0 Å².